The van der Waals surface area contributed by atoms with E-state index < -0.39 is 0 Å². The number of hydrogen-bond acceptors (Lipinski definition) is 8. The van der Waals surface area contributed by atoms with Crippen molar-refractivity contribution >= 4 is 51.7 Å². The molecule has 190 valence electrons. The number of aromatic nitrogens is 2. The Labute approximate surface area is 223 Å². The molecule has 4 heterocycles. The zero-order valence-corrected chi connectivity index (χ0v) is 21.9. The molecule has 37 heavy (non-hydrogen) atoms. The molecule has 0 unspecified atom stereocenters. The first kappa shape index (κ1) is 24.0. The maximum Gasteiger partial charge on any atom is 0.267 e. The monoisotopic (exact) mass is 534 g/mol. The third-order valence-electron chi connectivity index (χ3n) is 7.05. The number of thiocarbonyl (C=S) groups is 1. The van der Waals surface area contributed by atoms with Crippen LogP contribution in [0.15, 0.2) is 52.3 Å². The number of carbonyl (C=O) groups excluding carboxylic acids is 1. The topological polar surface area (TPSA) is 85.2 Å². The van der Waals surface area contributed by atoms with E-state index in [1.54, 1.807) is 23.2 Å². The second kappa shape index (κ2) is 9.83. The Morgan fingerprint density at radius 1 is 1.14 bits per heavy atom. The smallest absolute Gasteiger partial charge is 0.267 e. The number of rotatable bonds is 5. The van der Waals surface area contributed by atoms with Crippen molar-refractivity contribution in [1.82, 2.24) is 14.3 Å². The van der Waals surface area contributed by atoms with E-state index in [1.165, 1.54) is 16.2 Å². The van der Waals surface area contributed by atoms with Crippen LogP contribution in [0.1, 0.15) is 43.7 Å². The lowest BCUT2D eigenvalue weighted by Crippen LogP contribution is -2.29. The summed E-state index contributed by atoms with van der Waals surface area (Å²) in [5.41, 5.74) is 1.58. The molecule has 1 aliphatic carbocycles. The molecule has 2 aromatic heterocycles. The van der Waals surface area contributed by atoms with Gasteiger partial charge in [0.2, 0.25) is 6.79 Å². The lowest BCUT2D eigenvalue weighted by Gasteiger charge is -2.27. The molecule has 3 aliphatic rings. The fourth-order valence-corrected chi connectivity index (χ4v) is 6.17. The maximum absolute atomic E-state index is 13.5. The van der Waals surface area contributed by atoms with E-state index in [-0.39, 0.29) is 24.3 Å². The van der Waals surface area contributed by atoms with Crippen LogP contribution in [0.3, 0.4) is 0 Å². The van der Waals surface area contributed by atoms with Gasteiger partial charge in [-0.3, -0.25) is 18.9 Å². The minimum atomic E-state index is -0.234. The predicted molar refractivity (Wildman–Crippen MR) is 148 cm³/mol. The normalized spacial score (nSPS) is 22.3. The first-order chi connectivity index (χ1) is 18.0. The Kier molecular flexibility index (Phi) is 6.37. The minimum Gasteiger partial charge on any atom is -0.454 e. The van der Waals surface area contributed by atoms with E-state index in [1.807, 2.05) is 30.3 Å². The molecule has 1 aromatic carbocycles. The Morgan fingerprint density at radius 3 is 2.78 bits per heavy atom. The summed E-state index contributed by atoms with van der Waals surface area (Å²) >= 11 is 6.75. The van der Waals surface area contributed by atoms with Crippen molar-refractivity contribution < 1.29 is 14.3 Å². The standard InChI is InChI=1S/C27H26N4O4S2/c1-16-5-8-18(9-6-16)28-24-19(25(32)30-11-3-2-4-23(30)29-24)13-22-26(33)31(27(36)37-22)14-17-7-10-20-21(12-17)35-15-34-20/h2-4,7,10-13,16,18,28H,5-6,8-9,14-15H2,1H3. The Bertz CT molecular complexity index is 1490. The number of ether oxygens (including phenoxy) is 2. The van der Waals surface area contributed by atoms with E-state index in [2.05, 4.69) is 12.2 Å². The number of carbonyl (C=O) groups is 1. The molecule has 1 amide bonds. The largest absolute Gasteiger partial charge is 0.454 e. The number of nitrogens with zero attached hydrogens (tertiary/aromatic N) is 3. The summed E-state index contributed by atoms with van der Waals surface area (Å²) in [5.74, 6) is 2.32. The van der Waals surface area contributed by atoms with Crippen molar-refractivity contribution in [2.24, 2.45) is 5.92 Å². The van der Waals surface area contributed by atoms with Gasteiger partial charge in [0.15, 0.2) is 11.5 Å². The van der Waals surface area contributed by atoms with Crippen LogP contribution in [-0.2, 0) is 11.3 Å². The van der Waals surface area contributed by atoms with Crippen LogP contribution in [0.25, 0.3) is 11.7 Å². The molecule has 2 aliphatic heterocycles. The van der Waals surface area contributed by atoms with Crippen LogP contribution >= 0.6 is 24.0 Å². The number of amides is 1. The van der Waals surface area contributed by atoms with E-state index in [0.29, 0.717) is 50.2 Å². The van der Waals surface area contributed by atoms with Gasteiger partial charge in [0.05, 0.1) is 17.0 Å². The summed E-state index contributed by atoms with van der Waals surface area (Å²) in [4.78, 5) is 33.7. The second-order valence-corrected chi connectivity index (χ2v) is 11.3. The minimum absolute atomic E-state index is 0.189. The highest BCUT2D eigenvalue weighted by atomic mass is 32.2. The lowest BCUT2D eigenvalue weighted by atomic mass is 9.87. The van der Waals surface area contributed by atoms with Crippen LogP contribution in [0.5, 0.6) is 11.5 Å². The van der Waals surface area contributed by atoms with Gasteiger partial charge < -0.3 is 14.8 Å². The third kappa shape index (κ3) is 4.71. The fourth-order valence-electron chi connectivity index (χ4n) is 4.93. The number of fused-ring (bicyclic) bond motifs is 2. The molecule has 3 aromatic rings. The molecular formula is C27H26N4O4S2. The third-order valence-corrected chi connectivity index (χ3v) is 8.43. The van der Waals surface area contributed by atoms with Crippen molar-refractivity contribution in [1.29, 1.82) is 0 Å². The second-order valence-electron chi connectivity index (χ2n) is 9.66. The van der Waals surface area contributed by atoms with Gasteiger partial charge >= 0.3 is 0 Å². The van der Waals surface area contributed by atoms with Crippen LogP contribution in [0.2, 0.25) is 0 Å². The molecule has 6 rings (SSSR count). The Balaban J connectivity index is 1.32. The molecule has 0 bridgehead atoms. The zero-order chi connectivity index (χ0) is 25.5. The van der Waals surface area contributed by atoms with Gasteiger partial charge in [0.25, 0.3) is 11.5 Å². The zero-order valence-electron chi connectivity index (χ0n) is 20.3. The first-order valence-corrected chi connectivity index (χ1v) is 13.6. The molecule has 0 radical (unpaired) electrons. The fraction of sp³-hybridized carbons (Fsp3) is 0.333. The average Bonchev–Trinajstić information content (AvgIpc) is 3.47. The number of thioether (sulfide) groups is 1. The molecule has 1 saturated heterocycles. The van der Waals surface area contributed by atoms with Gasteiger partial charge in [0.1, 0.15) is 15.8 Å². The SMILES string of the molecule is CC1CCC(Nc2nc3ccccn3c(=O)c2C=C2SC(=S)N(Cc3ccc4c(c3)OCO4)C2=O)CC1. The molecule has 0 spiro atoms. The van der Waals surface area contributed by atoms with Gasteiger partial charge in [-0.15, -0.1) is 0 Å². The highest BCUT2D eigenvalue weighted by Gasteiger charge is 2.33. The summed E-state index contributed by atoms with van der Waals surface area (Å²) in [6.45, 7) is 2.76. The van der Waals surface area contributed by atoms with Gasteiger partial charge in [-0.25, -0.2) is 4.98 Å². The van der Waals surface area contributed by atoms with Crippen LogP contribution in [0.4, 0.5) is 5.82 Å². The Hall–Kier alpha value is -3.37. The van der Waals surface area contributed by atoms with E-state index in [9.17, 15) is 9.59 Å². The number of benzene rings is 1. The van der Waals surface area contributed by atoms with Crippen LogP contribution in [0, 0.1) is 5.92 Å². The number of hydrogen-bond donors (Lipinski definition) is 1. The summed E-state index contributed by atoms with van der Waals surface area (Å²) in [6.07, 6.45) is 7.65. The Morgan fingerprint density at radius 2 is 1.95 bits per heavy atom. The molecular weight excluding hydrogens is 508 g/mol. The quantitative estimate of drug-likeness (QED) is 0.369. The summed E-state index contributed by atoms with van der Waals surface area (Å²) in [7, 11) is 0. The average molecular weight is 535 g/mol. The van der Waals surface area contributed by atoms with Crippen molar-refractivity contribution in [3.63, 3.8) is 0 Å². The highest BCUT2D eigenvalue weighted by molar-refractivity contribution is 8.26. The number of pyridine rings is 1. The molecule has 0 atom stereocenters. The maximum atomic E-state index is 13.5. The molecule has 8 nitrogen and oxygen atoms in total. The van der Waals surface area contributed by atoms with Crippen LogP contribution in [-0.4, -0.2) is 37.3 Å². The van der Waals surface area contributed by atoms with E-state index in [0.717, 1.165) is 31.2 Å². The van der Waals surface area contributed by atoms with Crippen LogP contribution < -0.4 is 20.3 Å². The van der Waals surface area contributed by atoms with E-state index in [4.69, 9.17) is 26.7 Å². The van der Waals surface area contributed by atoms with E-state index >= 15 is 0 Å². The molecule has 1 saturated carbocycles. The summed E-state index contributed by atoms with van der Waals surface area (Å²) < 4.78 is 12.8. The molecule has 2 fully saturated rings. The van der Waals surface area contributed by atoms with Crippen molar-refractivity contribution in [2.75, 3.05) is 12.1 Å². The summed E-state index contributed by atoms with van der Waals surface area (Å²) in [6, 6.07) is 11.3. The summed E-state index contributed by atoms with van der Waals surface area (Å²) in [5, 5.41) is 3.52. The lowest BCUT2D eigenvalue weighted by molar-refractivity contribution is -0.122. The van der Waals surface area contributed by atoms with Gasteiger partial charge in [-0.05, 0) is 67.5 Å². The highest BCUT2D eigenvalue weighted by Crippen LogP contribution is 2.37. The number of anilines is 1. The van der Waals surface area contributed by atoms with Crippen molar-refractivity contribution in [3.05, 3.63) is 69.0 Å². The molecule has 1 N–H and O–H groups in total. The van der Waals surface area contributed by atoms with Crippen molar-refractivity contribution in [3.8, 4) is 11.5 Å². The first-order valence-electron chi connectivity index (χ1n) is 12.4. The predicted octanol–water partition coefficient (Wildman–Crippen LogP) is 4.82. The van der Waals surface area contributed by atoms with Gasteiger partial charge in [0, 0.05) is 12.2 Å². The van der Waals surface area contributed by atoms with Crippen molar-refractivity contribution in [2.45, 2.75) is 45.2 Å². The number of nitrogens with one attached hydrogen (secondary N) is 1. The van der Waals surface area contributed by atoms with Gasteiger partial charge in [-0.1, -0.05) is 43.0 Å². The molecule has 10 heteroatoms. The van der Waals surface area contributed by atoms with Gasteiger partial charge in [-0.2, -0.15) is 0 Å².